The van der Waals surface area contributed by atoms with Crippen molar-refractivity contribution in [1.82, 2.24) is 19.1 Å². The number of aromatic nitrogens is 4. The third-order valence-corrected chi connectivity index (χ3v) is 15.3. The number of hydrogen-bond acceptors (Lipinski definition) is 3. The molecule has 0 unspecified atom stereocenters. The Morgan fingerprint density at radius 2 is 0.844 bits per heavy atom. The SMILES string of the molecule is c1ccc2c(c1)-c1ccccc1C21c2ccccc2-c2c(-c3ccc4sc5nc(-n6c7ccccc7c7ccccc76)nc(-n6c7ccccc7c7ccccc76)c5c4c3)cccc21. The first kappa shape index (κ1) is 34.5. The maximum absolute atomic E-state index is 5.71. The molecule has 4 nitrogen and oxygen atoms in total. The van der Waals surface area contributed by atoms with Crippen LogP contribution < -0.4 is 0 Å². The Morgan fingerprint density at radius 1 is 0.375 bits per heavy atom. The van der Waals surface area contributed by atoms with E-state index in [1.165, 1.54) is 81.9 Å². The predicted molar refractivity (Wildman–Crippen MR) is 265 cm³/mol. The molecule has 64 heavy (non-hydrogen) atoms. The highest BCUT2D eigenvalue weighted by atomic mass is 32.1. The van der Waals surface area contributed by atoms with Gasteiger partial charge in [0.2, 0.25) is 5.95 Å². The van der Waals surface area contributed by atoms with Crippen LogP contribution in [0.25, 0.3) is 109 Å². The van der Waals surface area contributed by atoms with E-state index in [0.717, 1.165) is 43.5 Å². The van der Waals surface area contributed by atoms with Crippen LogP contribution in [0.4, 0.5) is 0 Å². The van der Waals surface area contributed by atoms with Gasteiger partial charge < -0.3 is 0 Å². The number of para-hydroxylation sites is 4. The Hall–Kier alpha value is -8.12. The number of hydrogen-bond donors (Lipinski definition) is 0. The molecule has 13 aromatic rings. The molecule has 0 radical (unpaired) electrons. The van der Waals surface area contributed by atoms with Gasteiger partial charge in [-0.1, -0.05) is 170 Å². The fourth-order valence-corrected chi connectivity index (χ4v) is 12.8. The van der Waals surface area contributed by atoms with Gasteiger partial charge in [0.15, 0.2) is 5.82 Å². The van der Waals surface area contributed by atoms with Crippen LogP contribution in [0, 0.1) is 0 Å². The Morgan fingerprint density at radius 3 is 1.44 bits per heavy atom. The zero-order valence-corrected chi connectivity index (χ0v) is 35.1. The van der Waals surface area contributed by atoms with Crippen LogP contribution in [-0.2, 0) is 5.41 Å². The van der Waals surface area contributed by atoms with Gasteiger partial charge in [0.05, 0.1) is 32.9 Å². The molecule has 0 bridgehead atoms. The highest BCUT2D eigenvalue weighted by molar-refractivity contribution is 7.25. The lowest BCUT2D eigenvalue weighted by molar-refractivity contribution is 0.794. The molecule has 5 heteroatoms. The molecule has 0 fully saturated rings. The fraction of sp³-hybridized carbons (Fsp3) is 0.0169. The minimum Gasteiger partial charge on any atom is -0.293 e. The smallest absolute Gasteiger partial charge is 0.238 e. The molecule has 2 aliphatic rings. The number of thiophene rings is 1. The third-order valence-electron chi connectivity index (χ3n) is 14.2. The van der Waals surface area contributed by atoms with Crippen molar-refractivity contribution in [2.24, 2.45) is 0 Å². The molecule has 4 heterocycles. The summed E-state index contributed by atoms with van der Waals surface area (Å²) in [6.45, 7) is 0. The van der Waals surface area contributed by atoms with Crippen molar-refractivity contribution in [1.29, 1.82) is 0 Å². The van der Waals surface area contributed by atoms with Gasteiger partial charge in [-0.2, -0.15) is 4.98 Å². The summed E-state index contributed by atoms with van der Waals surface area (Å²) in [6, 6.07) is 75.8. The lowest BCUT2D eigenvalue weighted by Crippen LogP contribution is -2.25. The van der Waals surface area contributed by atoms with Crippen LogP contribution in [0.3, 0.4) is 0 Å². The number of benzene rings is 9. The molecule has 1 spiro atoms. The predicted octanol–water partition coefficient (Wildman–Crippen LogP) is 15.0. The van der Waals surface area contributed by atoms with Crippen LogP contribution >= 0.6 is 11.3 Å². The topological polar surface area (TPSA) is 35.6 Å². The van der Waals surface area contributed by atoms with E-state index < -0.39 is 5.41 Å². The summed E-state index contributed by atoms with van der Waals surface area (Å²) < 4.78 is 5.80. The number of rotatable bonds is 3. The average molecular weight is 831 g/mol. The van der Waals surface area contributed by atoms with E-state index in [9.17, 15) is 0 Å². The highest BCUT2D eigenvalue weighted by Gasteiger charge is 2.52. The second kappa shape index (κ2) is 12.5. The molecular weight excluding hydrogens is 797 g/mol. The molecule has 0 aliphatic heterocycles. The summed E-state index contributed by atoms with van der Waals surface area (Å²) in [5, 5.41) is 6.98. The van der Waals surface area contributed by atoms with Crippen LogP contribution in [0.2, 0.25) is 0 Å². The largest absolute Gasteiger partial charge is 0.293 e. The van der Waals surface area contributed by atoms with E-state index in [2.05, 4.69) is 215 Å². The Bertz CT molecular complexity index is 4010. The van der Waals surface area contributed by atoms with Crippen LogP contribution in [0.15, 0.2) is 206 Å². The van der Waals surface area contributed by atoms with Crippen molar-refractivity contribution in [2.45, 2.75) is 5.41 Å². The lowest BCUT2D eigenvalue weighted by Gasteiger charge is -2.30. The molecule has 0 amide bonds. The molecule has 15 rings (SSSR count). The minimum atomic E-state index is -0.408. The Kier molecular flexibility index (Phi) is 6.73. The summed E-state index contributed by atoms with van der Waals surface area (Å²) in [5.41, 5.74) is 17.0. The summed E-state index contributed by atoms with van der Waals surface area (Å²) in [4.78, 5) is 12.2. The maximum Gasteiger partial charge on any atom is 0.238 e. The third kappa shape index (κ3) is 4.27. The molecule has 4 aromatic heterocycles. The highest BCUT2D eigenvalue weighted by Crippen LogP contribution is 2.64. The van der Waals surface area contributed by atoms with E-state index in [1.54, 1.807) is 11.3 Å². The van der Waals surface area contributed by atoms with E-state index in [1.807, 2.05) is 0 Å². The zero-order valence-electron chi connectivity index (χ0n) is 34.3. The first-order valence-electron chi connectivity index (χ1n) is 21.9. The van der Waals surface area contributed by atoms with Crippen molar-refractivity contribution in [3.63, 3.8) is 0 Å². The van der Waals surface area contributed by atoms with Crippen LogP contribution in [-0.4, -0.2) is 19.1 Å². The summed E-state index contributed by atoms with van der Waals surface area (Å²) in [6.07, 6.45) is 0. The van der Waals surface area contributed by atoms with Gasteiger partial charge in [0.25, 0.3) is 0 Å². The maximum atomic E-state index is 5.71. The quantitative estimate of drug-likeness (QED) is 0.178. The fourth-order valence-electron chi connectivity index (χ4n) is 11.7. The first-order valence-corrected chi connectivity index (χ1v) is 22.7. The summed E-state index contributed by atoms with van der Waals surface area (Å²) in [7, 11) is 0. The molecule has 9 aromatic carbocycles. The molecular formula is C59H34N4S. The normalized spacial score (nSPS) is 13.4. The second-order valence-corrected chi connectivity index (χ2v) is 18.2. The van der Waals surface area contributed by atoms with Gasteiger partial charge in [0.1, 0.15) is 4.83 Å². The molecule has 0 atom stereocenters. The average Bonchev–Trinajstić information content (AvgIpc) is 4.14. The van der Waals surface area contributed by atoms with Crippen molar-refractivity contribution >= 4 is 75.3 Å². The number of nitrogens with zero attached hydrogens (tertiary/aromatic N) is 4. The standard InChI is InChI=1S/C59H34N4S/c1-8-24-45-37(16-1)38-17-2-9-25-46(38)59(45)47-26-10-3-22-43(47)54-36(23-15-27-48(54)59)35-32-33-53-44(34-35)55-56(62-49-28-11-4-18-39(49)40-19-5-12-29-50(40)62)60-58(61-57(55)64-53)63-51-30-13-6-20-41(51)42-21-7-14-31-52(42)63/h1-34H. The van der Waals surface area contributed by atoms with E-state index in [0.29, 0.717) is 5.95 Å². The summed E-state index contributed by atoms with van der Waals surface area (Å²) >= 11 is 1.75. The molecule has 0 N–H and O–H groups in total. The van der Waals surface area contributed by atoms with Crippen LogP contribution in [0.1, 0.15) is 22.3 Å². The molecule has 2 aliphatic carbocycles. The van der Waals surface area contributed by atoms with E-state index in [4.69, 9.17) is 9.97 Å². The zero-order chi connectivity index (χ0) is 41.7. The number of fused-ring (bicyclic) bond motifs is 19. The second-order valence-electron chi connectivity index (χ2n) is 17.2. The Labute approximate surface area is 371 Å². The lowest BCUT2D eigenvalue weighted by atomic mass is 9.70. The van der Waals surface area contributed by atoms with Gasteiger partial charge in [-0.05, 0) is 92.0 Å². The van der Waals surface area contributed by atoms with Gasteiger partial charge in [0, 0.05) is 31.6 Å². The molecule has 296 valence electrons. The molecule has 0 saturated heterocycles. The van der Waals surface area contributed by atoms with Crippen LogP contribution in [0.5, 0.6) is 0 Å². The van der Waals surface area contributed by atoms with Gasteiger partial charge >= 0.3 is 0 Å². The van der Waals surface area contributed by atoms with Crippen molar-refractivity contribution in [3.05, 3.63) is 229 Å². The first-order chi connectivity index (χ1) is 31.8. The van der Waals surface area contributed by atoms with Crippen molar-refractivity contribution < 1.29 is 0 Å². The molecule has 0 saturated carbocycles. The van der Waals surface area contributed by atoms with Gasteiger partial charge in [-0.25, -0.2) is 4.98 Å². The van der Waals surface area contributed by atoms with Gasteiger partial charge in [-0.3, -0.25) is 9.13 Å². The minimum absolute atomic E-state index is 0.408. The van der Waals surface area contributed by atoms with E-state index in [-0.39, 0.29) is 0 Å². The van der Waals surface area contributed by atoms with E-state index >= 15 is 0 Å². The Balaban J connectivity index is 1.03. The van der Waals surface area contributed by atoms with Gasteiger partial charge in [-0.15, -0.1) is 11.3 Å². The van der Waals surface area contributed by atoms with Crippen molar-refractivity contribution in [3.8, 4) is 45.1 Å². The summed E-state index contributed by atoms with van der Waals surface area (Å²) in [5.74, 6) is 1.54. The van der Waals surface area contributed by atoms with Crippen molar-refractivity contribution in [2.75, 3.05) is 0 Å². The monoisotopic (exact) mass is 830 g/mol.